The van der Waals surface area contributed by atoms with Gasteiger partial charge in [-0.3, -0.25) is 4.72 Å². The highest BCUT2D eigenvalue weighted by molar-refractivity contribution is 9.10. The molecule has 0 atom stereocenters. The Balaban J connectivity index is 2.20. The summed E-state index contributed by atoms with van der Waals surface area (Å²) in [6, 6.07) is 2.90. The Morgan fingerprint density at radius 1 is 1.19 bits per heavy atom. The molecule has 0 saturated carbocycles. The Hall–Kier alpha value is -1.74. The van der Waals surface area contributed by atoms with Crippen LogP contribution in [0, 0.1) is 0 Å². The fraction of sp³-hybridized carbons (Fsp3) is 0.250. The van der Waals surface area contributed by atoms with E-state index in [2.05, 4.69) is 40.9 Å². The summed E-state index contributed by atoms with van der Waals surface area (Å²) in [5, 5.41) is 3.04. The molecule has 21 heavy (non-hydrogen) atoms. The highest BCUT2D eigenvalue weighted by Gasteiger charge is 2.15. The third-order valence-electron chi connectivity index (χ3n) is 2.46. The zero-order valence-electron chi connectivity index (χ0n) is 11.2. The third-order valence-corrected chi connectivity index (χ3v) is 4.22. The molecule has 0 fully saturated rings. The van der Waals surface area contributed by atoms with Gasteiger partial charge in [-0.05, 0) is 28.4 Å². The minimum atomic E-state index is -3.72. The van der Waals surface area contributed by atoms with Crippen LogP contribution in [0.2, 0.25) is 0 Å². The van der Waals surface area contributed by atoms with Gasteiger partial charge in [-0.2, -0.15) is 0 Å². The molecular formula is C12H14BrN5O2S. The van der Waals surface area contributed by atoms with Gasteiger partial charge in [0.25, 0.3) is 10.0 Å². The third kappa shape index (κ3) is 4.36. The van der Waals surface area contributed by atoms with Gasteiger partial charge in [0.05, 0.1) is 17.3 Å². The summed E-state index contributed by atoms with van der Waals surface area (Å²) in [5.74, 6) is 0.666. The standard InChI is InChI=1S/C12H14BrN5O2S/c1-2-4-14-11-6-9(3-5-15-11)21(19,20)18-12-8-16-10(13)7-17-12/h3,5-8H,2,4H2,1H3,(H,14,15)(H,17,18). The van der Waals surface area contributed by atoms with Crippen LogP contribution in [-0.4, -0.2) is 29.9 Å². The molecular weight excluding hydrogens is 358 g/mol. The van der Waals surface area contributed by atoms with Crippen LogP contribution in [0.4, 0.5) is 11.6 Å². The Labute approximate surface area is 131 Å². The second-order valence-corrected chi connectivity index (χ2v) is 6.63. The number of halogens is 1. The Kier molecular flexibility index (Phi) is 5.07. The topological polar surface area (TPSA) is 96.9 Å². The molecule has 9 heteroatoms. The van der Waals surface area contributed by atoms with Gasteiger partial charge in [-0.15, -0.1) is 0 Å². The number of sulfonamides is 1. The van der Waals surface area contributed by atoms with E-state index in [0.29, 0.717) is 10.4 Å². The number of nitrogens with one attached hydrogen (secondary N) is 2. The van der Waals surface area contributed by atoms with E-state index in [4.69, 9.17) is 0 Å². The second-order valence-electron chi connectivity index (χ2n) is 4.13. The Morgan fingerprint density at radius 2 is 2.00 bits per heavy atom. The smallest absolute Gasteiger partial charge is 0.263 e. The molecule has 2 aromatic heterocycles. The van der Waals surface area contributed by atoms with Crippen molar-refractivity contribution in [2.75, 3.05) is 16.6 Å². The molecule has 0 aliphatic heterocycles. The lowest BCUT2D eigenvalue weighted by Gasteiger charge is -2.09. The molecule has 0 amide bonds. The summed E-state index contributed by atoms with van der Waals surface area (Å²) in [6.07, 6.45) is 5.11. The SMILES string of the molecule is CCCNc1cc(S(=O)(=O)Nc2cnc(Br)cn2)ccn1. The van der Waals surface area contributed by atoms with E-state index in [9.17, 15) is 8.42 Å². The molecule has 7 nitrogen and oxygen atoms in total. The number of hydrogen-bond donors (Lipinski definition) is 2. The largest absolute Gasteiger partial charge is 0.370 e. The van der Waals surface area contributed by atoms with Gasteiger partial charge in [0.2, 0.25) is 0 Å². The van der Waals surface area contributed by atoms with Crippen LogP contribution in [0.15, 0.2) is 40.2 Å². The first-order chi connectivity index (χ1) is 10.0. The molecule has 0 aliphatic rings. The Morgan fingerprint density at radius 3 is 2.67 bits per heavy atom. The van der Waals surface area contributed by atoms with Crippen molar-refractivity contribution in [3.63, 3.8) is 0 Å². The summed E-state index contributed by atoms with van der Waals surface area (Å²) >= 11 is 3.14. The lowest BCUT2D eigenvalue weighted by atomic mass is 10.4. The lowest BCUT2D eigenvalue weighted by Crippen LogP contribution is -2.15. The fourth-order valence-corrected chi connectivity index (χ4v) is 2.70. The minimum absolute atomic E-state index is 0.112. The molecule has 0 spiro atoms. The van der Waals surface area contributed by atoms with Crippen LogP contribution in [0.1, 0.15) is 13.3 Å². The van der Waals surface area contributed by atoms with Gasteiger partial charge in [0, 0.05) is 18.8 Å². The van der Waals surface area contributed by atoms with Crippen molar-refractivity contribution in [2.45, 2.75) is 18.2 Å². The second kappa shape index (κ2) is 6.81. The zero-order valence-corrected chi connectivity index (χ0v) is 13.6. The summed E-state index contributed by atoms with van der Waals surface area (Å²) in [7, 11) is -3.72. The van der Waals surface area contributed by atoms with Gasteiger partial charge in [0.1, 0.15) is 10.4 Å². The summed E-state index contributed by atoms with van der Waals surface area (Å²) in [5.41, 5.74) is 0. The Bertz CT molecular complexity index is 706. The van der Waals surface area contributed by atoms with E-state index >= 15 is 0 Å². The average molecular weight is 372 g/mol. The zero-order chi connectivity index (χ0) is 15.3. The molecule has 0 radical (unpaired) electrons. The van der Waals surface area contributed by atoms with Gasteiger partial charge < -0.3 is 5.32 Å². The van der Waals surface area contributed by atoms with Gasteiger partial charge in [0.15, 0.2) is 5.82 Å². The maximum absolute atomic E-state index is 12.3. The van der Waals surface area contributed by atoms with Crippen molar-refractivity contribution in [2.24, 2.45) is 0 Å². The summed E-state index contributed by atoms with van der Waals surface area (Å²) in [6.45, 7) is 2.74. The molecule has 0 unspecified atom stereocenters. The van der Waals surface area contributed by atoms with Crippen LogP contribution in [0.5, 0.6) is 0 Å². The van der Waals surface area contributed by atoms with Gasteiger partial charge in [-0.25, -0.2) is 23.4 Å². The predicted molar refractivity (Wildman–Crippen MR) is 83.6 cm³/mol. The first-order valence-electron chi connectivity index (χ1n) is 6.21. The van der Waals surface area contributed by atoms with Gasteiger partial charge in [-0.1, -0.05) is 6.92 Å². The highest BCUT2D eigenvalue weighted by atomic mass is 79.9. The van der Waals surface area contributed by atoms with Crippen LogP contribution in [0.3, 0.4) is 0 Å². The van der Waals surface area contributed by atoms with E-state index in [-0.39, 0.29) is 10.7 Å². The number of aromatic nitrogens is 3. The number of anilines is 2. The predicted octanol–water partition coefficient (Wildman–Crippen LogP) is 2.26. The van der Waals surface area contributed by atoms with Crippen LogP contribution >= 0.6 is 15.9 Å². The number of hydrogen-bond acceptors (Lipinski definition) is 6. The van der Waals surface area contributed by atoms with E-state index < -0.39 is 10.0 Å². The maximum atomic E-state index is 12.3. The quantitative estimate of drug-likeness (QED) is 0.808. The van der Waals surface area contributed by atoms with Crippen molar-refractivity contribution >= 4 is 37.6 Å². The van der Waals surface area contributed by atoms with Crippen molar-refractivity contribution < 1.29 is 8.42 Å². The van der Waals surface area contributed by atoms with E-state index in [1.54, 1.807) is 0 Å². The molecule has 2 heterocycles. The van der Waals surface area contributed by atoms with Gasteiger partial charge >= 0.3 is 0 Å². The molecule has 2 N–H and O–H groups in total. The van der Waals surface area contributed by atoms with E-state index in [0.717, 1.165) is 13.0 Å². The minimum Gasteiger partial charge on any atom is -0.370 e. The number of nitrogens with zero attached hydrogens (tertiary/aromatic N) is 3. The van der Waals surface area contributed by atoms with Crippen molar-refractivity contribution in [1.82, 2.24) is 15.0 Å². The molecule has 0 aliphatic carbocycles. The molecule has 0 bridgehead atoms. The lowest BCUT2D eigenvalue weighted by molar-refractivity contribution is 0.601. The molecule has 2 rings (SSSR count). The first kappa shape index (κ1) is 15.6. The van der Waals surface area contributed by atoms with Crippen molar-refractivity contribution in [3.8, 4) is 0 Å². The molecule has 112 valence electrons. The van der Waals surface area contributed by atoms with Crippen molar-refractivity contribution in [1.29, 1.82) is 0 Å². The normalized spacial score (nSPS) is 11.1. The molecule has 2 aromatic rings. The summed E-state index contributed by atoms with van der Waals surface area (Å²) < 4.78 is 27.4. The highest BCUT2D eigenvalue weighted by Crippen LogP contribution is 2.16. The molecule has 0 aromatic carbocycles. The fourth-order valence-electron chi connectivity index (χ4n) is 1.49. The molecule has 0 saturated heterocycles. The van der Waals surface area contributed by atoms with E-state index in [1.165, 1.54) is 30.7 Å². The number of rotatable bonds is 6. The van der Waals surface area contributed by atoms with Crippen LogP contribution in [-0.2, 0) is 10.0 Å². The first-order valence-corrected chi connectivity index (χ1v) is 8.49. The maximum Gasteiger partial charge on any atom is 0.263 e. The van der Waals surface area contributed by atoms with Crippen LogP contribution < -0.4 is 10.0 Å². The van der Waals surface area contributed by atoms with Crippen molar-refractivity contribution in [3.05, 3.63) is 35.3 Å². The average Bonchev–Trinajstić information content (AvgIpc) is 2.48. The summed E-state index contributed by atoms with van der Waals surface area (Å²) in [4.78, 5) is 12.0. The van der Waals surface area contributed by atoms with E-state index in [1.807, 2.05) is 6.92 Å². The monoisotopic (exact) mass is 371 g/mol. The van der Waals surface area contributed by atoms with Crippen LogP contribution in [0.25, 0.3) is 0 Å². The number of pyridine rings is 1.